The lowest BCUT2D eigenvalue weighted by Gasteiger charge is -2.32. The van der Waals surface area contributed by atoms with Gasteiger partial charge in [-0.3, -0.25) is 14.9 Å². The summed E-state index contributed by atoms with van der Waals surface area (Å²) in [5.74, 6) is -1.07. The lowest BCUT2D eigenvalue weighted by molar-refractivity contribution is -0.138. The Hall–Kier alpha value is -3.03. The van der Waals surface area contributed by atoms with Crippen LogP contribution in [-0.4, -0.2) is 51.6 Å². The Balaban J connectivity index is 0.000000234. The normalized spacial score (nSPS) is 17.0. The molecule has 1 saturated heterocycles. The van der Waals surface area contributed by atoms with Crippen molar-refractivity contribution in [3.63, 3.8) is 0 Å². The summed E-state index contributed by atoms with van der Waals surface area (Å²) in [4.78, 5) is 19.7. The third-order valence-electron chi connectivity index (χ3n) is 4.17. The number of pyridine rings is 2. The van der Waals surface area contributed by atoms with E-state index in [1.165, 1.54) is 30.9 Å². The molecule has 7 nitrogen and oxygen atoms in total. The Labute approximate surface area is 165 Å². The van der Waals surface area contributed by atoms with Gasteiger partial charge in [0, 0.05) is 57.0 Å². The average molecular weight is 407 g/mol. The van der Waals surface area contributed by atoms with Crippen molar-refractivity contribution < 1.29 is 23.1 Å². The zero-order chi connectivity index (χ0) is 21.4. The number of rotatable bonds is 3. The molecule has 0 saturated carbocycles. The molecule has 2 aromatic rings. The number of hydrogen-bond acceptors (Lipinski definition) is 6. The minimum absolute atomic E-state index is 0.0315. The highest BCUT2D eigenvalue weighted by Gasteiger charge is 2.33. The Morgan fingerprint density at radius 3 is 2.76 bits per heavy atom. The fourth-order valence-corrected chi connectivity index (χ4v) is 2.84. The van der Waals surface area contributed by atoms with Crippen molar-refractivity contribution in [3.05, 3.63) is 59.2 Å². The number of nitrogens with one attached hydrogen (secondary N) is 1. The largest absolute Gasteiger partial charge is 0.478 e. The molecular formula is C19H20F3N5O2. The van der Waals surface area contributed by atoms with Gasteiger partial charge in [0.25, 0.3) is 0 Å². The van der Waals surface area contributed by atoms with E-state index in [-0.39, 0.29) is 16.7 Å². The van der Waals surface area contributed by atoms with E-state index in [1.54, 1.807) is 6.07 Å². The minimum Gasteiger partial charge on any atom is -0.478 e. The maximum absolute atomic E-state index is 12.8. The molecule has 1 aliphatic heterocycles. The van der Waals surface area contributed by atoms with Gasteiger partial charge in [0.1, 0.15) is 6.07 Å². The van der Waals surface area contributed by atoms with Gasteiger partial charge in [0.15, 0.2) is 0 Å². The second-order valence-corrected chi connectivity index (χ2v) is 6.50. The van der Waals surface area contributed by atoms with Crippen molar-refractivity contribution in [1.82, 2.24) is 20.2 Å². The molecule has 1 fully saturated rings. The number of hydrogen-bond donors (Lipinski definition) is 2. The number of aromatic carboxylic acids is 1. The number of carboxylic acids is 1. The molecule has 0 amide bonds. The maximum atomic E-state index is 12.8. The smallest absolute Gasteiger partial charge is 0.416 e. The zero-order valence-electron chi connectivity index (χ0n) is 15.6. The molecule has 3 rings (SSSR count). The van der Waals surface area contributed by atoms with Crippen molar-refractivity contribution in [2.75, 3.05) is 19.6 Å². The van der Waals surface area contributed by atoms with Crippen molar-refractivity contribution in [2.45, 2.75) is 25.7 Å². The molecule has 2 N–H and O–H groups in total. The molecule has 10 heteroatoms. The summed E-state index contributed by atoms with van der Waals surface area (Å²) in [5.41, 5.74) is -0.0447. The molecule has 1 aliphatic rings. The van der Waals surface area contributed by atoms with E-state index in [9.17, 15) is 18.0 Å². The second kappa shape index (κ2) is 9.95. The molecule has 1 atom stereocenters. The molecule has 0 aromatic carbocycles. The molecular weight excluding hydrogens is 387 g/mol. The van der Waals surface area contributed by atoms with E-state index in [1.807, 2.05) is 11.8 Å². The van der Waals surface area contributed by atoms with Crippen molar-refractivity contribution in [2.24, 2.45) is 0 Å². The van der Waals surface area contributed by atoms with Crippen LogP contribution in [0.5, 0.6) is 0 Å². The molecule has 0 radical (unpaired) electrons. The number of alkyl halides is 3. The standard InChI is InChI=1S/C12H16F3N3.C7H4N2O2/c1-9-7-18(5-4-17-9)8-10-6-16-3-2-11(10)12(13,14)15;8-2-5-1-6(7(10)11)4-9-3-5/h2-3,6,9,17H,4-5,7-8H2,1H3;1,3-4H,(H,10,11)/t9-;/m1./s1. The van der Waals surface area contributed by atoms with E-state index in [0.717, 1.165) is 25.7 Å². The molecule has 0 bridgehead atoms. The summed E-state index contributed by atoms with van der Waals surface area (Å²) in [5, 5.41) is 20.1. The number of halogens is 3. The van der Waals surface area contributed by atoms with Gasteiger partial charge in [-0.1, -0.05) is 0 Å². The highest BCUT2D eigenvalue weighted by Crippen LogP contribution is 2.32. The molecule has 3 heterocycles. The van der Waals surface area contributed by atoms with Gasteiger partial charge in [0.2, 0.25) is 0 Å². The van der Waals surface area contributed by atoms with Crippen molar-refractivity contribution in [3.8, 4) is 6.07 Å². The van der Waals surface area contributed by atoms with Crippen LogP contribution in [0.2, 0.25) is 0 Å². The van der Waals surface area contributed by atoms with Crippen molar-refractivity contribution in [1.29, 1.82) is 5.26 Å². The maximum Gasteiger partial charge on any atom is 0.416 e. The van der Waals surface area contributed by atoms with Crippen LogP contribution in [0.15, 0.2) is 36.9 Å². The summed E-state index contributed by atoms with van der Waals surface area (Å²) in [7, 11) is 0. The Kier molecular flexibility index (Phi) is 7.64. The number of nitrogens with zero attached hydrogens (tertiary/aromatic N) is 4. The van der Waals surface area contributed by atoms with Crippen molar-refractivity contribution >= 4 is 5.97 Å². The quantitative estimate of drug-likeness (QED) is 0.806. The van der Waals surface area contributed by atoms with Crippen LogP contribution in [0.1, 0.15) is 34.0 Å². The fourth-order valence-electron chi connectivity index (χ4n) is 2.84. The van der Waals surface area contributed by atoms with Gasteiger partial charge in [-0.2, -0.15) is 18.4 Å². The van der Waals surface area contributed by atoms with E-state index in [4.69, 9.17) is 10.4 Å². The van der Waals surface area contributed by atoms with Gasteiger partial charge in [-0.25, -0.2) is 4.79 Å². The monoisotopic (exact) mass is 407 g/mol. The molecule has 2 aromatic heterocycles. The molecule has 0 unspecified atom stereocenters. The number of aromatic nitrogens is 2. The third-order valence-corrected chi connectivity index (χ3v) is 4.17. The summed E-state index contributed by atoms with van der Waals surface area (Å²) in [6.07, 6.45) is 0.704. The number of piperazine rings is 1. The number of carbonyl (C=O) groups is 1. The van der Waals surface area contributed by atoms with Gasteiger partial charge in [0.05, 0.1) is 16.7 Å². The SMILES string of the molecule is C[C@@H]1CN(Cc2cnccc2C(F)(F)F)CCN1.N#Cc1cncc(C(=O)O)c1. The van der Waals surface area contributed by atoms with E-state index < -0.39 is 17.7 Å². The van der Waals surface area contributed by atoms with Crippen LogP contribution in [-0.2, 0) is 12.7 Å². The second-order valence-electron chi connectivity index (χ2n) is 6.50. The van der Waals surface area contributed by atoms with E-state index in [2.05, 4.69) is 15.3 Å². The highest BCUT2D eigenvalue weighted by atomic mass is 19.4. The third kappa shape index (κ3) is 6.81. The van der Waals surface area contributed by atoms with Gasteiger partial charge in [-0.15, -0.1) is 0 Å². The summed E-state index contributed by atoms with van der Waals surface area (Å²) in [6, 6.07) is 4.42. The van der Waals surface area contributed by atoms with Gasteiger partial charge < -0.3 is 10.4 Å². The molecule has 0 aliphatic carbocycles. The van der Waals surface area contributed by atoms with Crippen LogP contribution >= 0.6 is 0 Å². The predicted octanol–water partition coefficient (Wildman–Crippen LogP) is 2.55. The number of carboxylic acid groups (broad SMARTS) is 1. The fraction of sp³-hybridized carbons (Fsp3) is 0.368. The lowest BCUT2D eigenvalue weighted by Crippen LogP contribution is -2.48. The van der Waals surface area contributed by atoms with Crippen LogP contribution < -0.4 is 5.32 Å². The minimum atomic E-state index is -4.31. The first-order valence-electron chi connectivity index (χ1n) is 8.75. The summed E-state index contributed by atoms with van der Waals surface area (Å²) < 4.78 is 38.5. The lowest BCUT2D eigenvalue weighted by atomic mass is 10.1. The van der Waals surface area contributed by atoms with Crippen LogP contribution in [0, 0.1) is 11.3 Å². The van der Waals surface area contributed by atoms with Gasteiger partial charge >= 0.3 is 12.1 Å². The Bertz CT molecular complexity index is 883. The average Bonchev–Trinajstić information content (AvgIpc) is 2.68. The zero-order valence-corrected chi connectivity index (χ0v) is 15.6. The topological polar surface area (TPSA) is 102 Å². The van der Waals surface area contributed by atoms with Crippen LogP contribution in [0.25, 0.3) is 0 Å². The van der Waals surface area contributed by atoms with Crippen LogP contribution in [0.3, 0.4) is 0 Å². The van der Waals surface area contributed by atoms with E-state index >= 15 is 0 Å². The molecule has 154 valence electrons. The first-order valence-corrected chi connectivity index (χ1v) is 8.75. The Morgan fingerprint density at radius 2 is 2.14 bits per heavy atom. The predicted molar refractivity (Wildman–Crippen MR) is 97.9 cm³/mol. The molecule has 29 heavy (non-hydrogen) atoms. The summed E-state index contributed by atoms with van der Waals surface area (Å²) in [6.45, 7) is 4.65. The first kappa shape index (κ1) is 22.3. The van der Waals surface area contributed by atoms with Crippen LogP contribution in [0.4, 0.5) is 13.2 Å². The first-order chi connectivity index (χ1) is 13.7. The Morgan fingerprint density at radius 1 is 1.38 bits per heavy atom. The van der Waals surface area contributed by atoms with E-state index in [0.29, 0.717) is 12.6 Å². The highest BCUT2D eigenvalue weighted by molar-refractivity contribution is 5.87. The number of nitriles is 1. The summed E-state index contributed by atoms with van der Waals surface area (Å²) >= 11 is 0. The van der Waals surface area contributed by atoms with Gasteiger partial charge in [-0.05, 0) is 24.6 Å². The molecule has 0 spiro atoms.